The Labute approximate surface area is 120 Å². The Morgan fingerprint density at radius 3 is 2.35 bits per heavy atom. The van der Waals surface area contributed by atoms with Crippen LogP contribution in [0, 0.1) is 0 Å². The average molecular weight is 279 g/mol. The Bertz CT molecular complexity index is 392. The summed E-state index contributed by atoms with van der Waals surface area (Å²) in [4.78, 5) is 4.75. The number of hydrogen-bond acceptors (Lipinski definition) is 5. The molecule has 0 spiro atoms. The smallest absolute Gasteiger partial charge is 0.142 e. The first-order chi connectivity index (χ1) is 9.79. The number of ether oxygens (including phenoxy) is 1. The van der Waals surface area contributed by atoms with Gasteiger partial charge >= 0.3 is 0 Å². The lowest BCUT2D eigenvalue weighted by Crippen LogP contribution is -2.47. The van der Waals surface area contributed by atoms with Gasteiger partial charge in [-0.3, -0.25) is 4.90 Å². The molecule has 5 heteroatoms. The molecule has 112 valence electrons. The maximum absolute atomic E-state index is 8.91. The third kappa shape index (κ3) is 4.67. The maximum Gasteiger partial charge on any atom is 0.142 e. The summed E-state index contributed by atoms with van der Waals surface area (Å²) < 4.78 is 5.69. The summed E-state index contributed by atoms with van der Waals surface area (Å²) >= 11 is 0. The molecule has 5 nitrogen and oxygen atoms in total. The predicted molar refractivity (Wildman–Crippen MR) is 80.9 cm³/mol. The highest BCUT2D eigenvalue weighted by atomic mass is 16.5. The zero-order chi connectivity index (χ0) is 14.2. The number of nitrogens with two attached hydrogens (primary N) is 1. The molecule has 1 aliphatic rings. The van der Waals surface area contributed by atoms with Gasteiger partial charge in [0.1, 0.15) is 5.75 Å². The SMILES string of the molecule is Nc1ccccc1OCCCN1CCN(CCO)CC1. The van der Waals surface area contributed by atoms with Gasteiger partial charge in [-0.2, -0.15) is 0 Å². The van der Waals surface area contributed by atoms with E-state index in [2.05, 4.69) is 9.80 Å². The number of para-hydroxylation sites is 2. The zero-order valence-corrected chi connectivity index (χ0v) is 12.0. The minimum atomic E-state index is 0.256. The van der Waals surface area contributed by atoms with Gasteiger partial charge in [-0.25, -0.2) is 0 Å². The molecule has 1 aliphatic heterocycles. The van der Waals surface area contributed by atoms with Crippen molar-refractivity contribution in [2.24, 2.45) is 0 Å². The summed E-state index contributed by atoms with van der Waals surface area (Å²) in [5.74, 6) is 0.778. The molecule has 3 N–H and O–H groups in total. The second kappa shape index (κ2) is 8.09. The molecular weight excluding hydrogens is 254 g/mol. The Kier molecular flexibility index (Phi) is 6.11. The van der Waals surface area contributed by atoms with Gasteiger partial charge < -0.3 is 20.5 Å². The van der Waals surface area contributed by atoms with Crippen LogP contribution >= 0.6 is 0 Å². The first-order valence-corrected chi connectivity index (χ1v) is 7.32. The molecule has 1 fully saturated rings. The normalized spacial score (nSPS) is 17.2. The topological polar surface area (TPSA) is 62.0 Å². The molecule has 1 saturated heterocycles. The summed E-state index contributed by atoms with van der Waals surface area (Å²) in [5, 5.41) is 8.91. The van der Waals surface area contributed by atoms with Crippen LogP contribution in [-0.2, 0) is 0 Å². The molecule has 20 heavy (non-hydrogen) atoms. The Morgan fingerprint density at radius 2 is 1.70 bits per heavy atom. The van der Waals surface area contributed by atoms with E-state index in [9.17, 15) is 0 Å². The average Bonchev–Trinajstić information content (AvgIpc) is 2.47. The molecule has 1 aromatic carbocycles. The zero-order valence-electron chi connectivity index (χ0n) is 12.0. The molecule has 0 bridgehead atoms. The first-order valence-electron chi connectivity index (χ1n) is 7.32. The number of piperazine rings is 1. The standard InChI is InChI=1S/C15H25N3O2/c16-14-4-1-2-5-15(14)20-13-3-6-17-7-9-18(10-8-17)11-12-19/h1-2,4-5,19H,3,6-13,16H2. The molecule has 2 rings (SSSR count). The summed E-state index contributed by atoms with van der Waals surface area (Å²) in [6.45, 7) is 7.06. The van der Waals surface area contributed by atoms with Crippen LogP contribution in [-0.4, -0.2) is 67.4 Å². The fourth-order valence-corrected chi connectivity index (χ4v) is 2.46. The Hall–Kier alpha value is -1.30. The van der Waals surface area contributed by atoms with E-state index in [-0.39, 0.29) is 6.61 Å². The van der Waals surface area contributed by atoms with Crippen molar-refractivity contribution in [2.45, 2.75) is 6.42 Å². The third-order valence-corrected chi connectivity index (χ3v) is 3.68. The molecule has 0 atom stereocenters. The first kappa shape index (κ1) is 15.1. The number of aliphatic hydroxyl groups is 1. The molecular formula is C15H25N3O2. The highest BCUT2D eigenvalue weighted by molar-refractivity contribution is 5.51. The molecule has 0 amide bonds. The van der Waals surface area contributed by atoms with Crippen LogP contribution in [0.25, 0.3) is 0 Å². The van der Waals surface area contributed by atoms with Crippen molar-refractivity contribution in [3.8, 4) is 5.75 Å². The van der Waals surface area contributed by atoms with Gasteiger partial charge in [-0.15, -0.1) is 0 Å². The lowest BCUT2D eigenvalue weighted by molar-refractivity contribution is 0.108. The Morgan fingerprint density at radius 1 is 1.05 bits per heavy atom. The van der Waals surface area contributed by atoms with Gasteiger partial charge in [-0.1, -0.05) is 12.1 Å². The second-order valence-corrected chi connectivity index (χ2v) is 5.15. The number of β-amino-alcohol motifs (C(OH)–C–C–N with tert-alkyl or cyclic N) is 1. The number of nitrogen functional groups attached to an aromatic ring is 1. The van der Waals surface area contributed by atoms with Gasteiger partial charge in [0.2, 0.25) is 0 Å². The van der Waals surface area contributed by atoms with E-state index in [1.54, 1.807) is 0 Å². The summed E-state index contributed by atoms with van der Waals surface area (Å²) in [5.41, 5.74) is 6.53. The fourth-order valence-electron chi connectivity index (χ4n) is 2.46. The van der Waals surface area contributed by atoms with Crippen molar-refractivity contribution in [3.05, 3.63) is 24.3 Å². The number of hydrogen-bond donors (Lipinski definition) is 2. The van der Waals surface area contributed by atoms with E-state index in [4.69, 9.17) is 15.6 Å². The maximum atomic E-state index is 8.91. The van der Waals surface area contributed by atoms with Crippen molar-refractivity contribution in [1.29, 1.82) is 0 Å². The molecule has 1 heterocycles. The minimum absolute atomic E-state index is 0.256. The molecule has 0 saturated carbocycles. The number of anilines is 1. The molecule has 1 aromatic rings. The van der Waals surface area contributed by atoms with Gasteiger partial charge in [-0.05, 0) is 18.6 Å². The molecule has 0 aliphatic carbocycles. The number of aliphatic hydroxyl groups excluding tert-OH is 1. The van der Waals surface area contributed by atoms with Crippen molar-refractivity contribution < 1.29 is 9.84 Å². The minimum Gasteiger partial charge on any atom is -0.491 e. The second-order valence-electron chi connectivity index (χ2n) is 5.15. The quantitative estimate of drug-likeness (QED) is 0.567. The van der Waals surface area contributed by atoms with Crippen LogP contribution in [0.5, 0.6) is 5.75 Å². The van der Waals surface area contributed by atoms with E-state index in [1.165, 1.54) is 0 Å². The number of benzene rings is 1. The largest absolute Gasteiger partial charge is 0.491 e. The van der Waals surface area contributed by atoms with E-state index >= 15 is 0 Å². The highest BCUT2D eigenvalue weighted by Gasteiger charge is 2.15. The van der Waals surface area contributed by atoms with Crippen LogP contribution < -0.4 is 10.5 Å². The highest BCUT2D eigenvalue weighted by Crippen LogP contribution is 2.19. The van der Waals surface area contributed by atoms with E-state index < -0.39 is 0 Å². The Balaban J connectivity index is 1.59. The van der Waals surface area contributed by atoms with Gasteiger partial charge in [0.15, 0.2) is 0 Å². The summed E-state index contributed by atoms with van der Waals surface area (Å²) in [6, 6.07) is 7.61. The lowest BCUT2D eigenvalue weighted by atomic mass is 10.3. The van der Waals surface area contributed by atoms with Crippen LogP contribution in [0.15, 0.2) is 24.3 Å². The third-order valence-electron chi connectivity index (χ3n) is 3.68. The van der Waals surface area contributed by atoms with E-state index in [1.807, 2.05) is 24.3 Å². The van der Waals surface area contributed by atoms with Gasteiger partial charge in [0.25, 0.3) is 0 Å². The van der Waals surface area contributed by atoms with Crippen molar-refractivity contribution in [2.75, 3.05) is 58.2 Å². The van der Waals surface area contributed by atoms with Crippen molar-refractivity contribution in [1.82, 2.24) is 9.80 Å². The van der Waals surface area contributed by atoms with Crippen LogP contribution in [0.3, 0.4) is 0 Å². The molecule has 0 radical (unpaired) electrons. The van der Waals surface area contributed by atoms with Crippen molar-refractivity contribution >= 4 is 5.69 Å². The van der Waals surface area contributed by atoms with Crippen LogP contribution in [0.1, 0.15) is 6.42 Å². The number of nitrogens with zero attached hydrogens (tertiary/aromatic N) is 2. The summed E-state index contributed by atoms with van der Waals surface area (Å²) in [6.07, 6.45) is 1.01. The van der Waals surface area contributed by atoms with Gasteiger partial charge in [0.05, 0.1) is 18.9 Å². The molecule has 0 unspecified atom stereocenters. The van der Waals surface area contributed by atoms with E-state index in [0.29, 0.717) is 12.3 Å². The monoisotopic (exact) mass is 279 g/mol. The lowest BCUT2D eigenvalue weighted by Gasteiger charge is -2.34. The predicted octanol–water partition coefficient (Wildman–Crippen LogP) is 0.648. The fraction of sp³-hybridized carbons (Fsp3) is 0.600. The number of rotatable bonds is 7. The van der Waals surface area contributed by atoms with E-state index in [0.717, 1.165) is 51.4 Å². The summed E-state index contributed by atoms with van der Waals surface area (Å²) in [7, 11) is 0. The van der Waals surface area contributed by atoms with Gasteiger partial charge in [0, 0.05) is 39.3 Å². The van der Waals surface area contributed by atoms with Crippen LogP contribution in [0.4, 0.5) is 5.69 Å². The van der Waals surface area contributed by atoms with Crippen LogP contribution in [0.2, 0.25) is 0 Å². The molecule has 0 aromatic heterocycles. The van der Waals surface area contributed by atoms with Crippen molar-refractivity contribution in [3.63, 3.8) is 0 Å².